The van der Waals surface area contributed by atoms with Crippen molar-refractivity contribution in [2.24, 2.45) is 0 Å². The molecule has 0 amide bonds. The van der Waals surface area contributed by atoms with Crippen LogP contribution >= 0.6 is 0 Å². The highest BCUT2D eigenvalue weighted by atomic mass is 14.7. The van der Waals surface area contributed by atoms with Gasteiger partial charge >= 0.3 is 0 Å². The van der Waals surface area contributed by atoms with E-state index >= 15 is 0 Å². The third kappa shape index (κ3) is 1.63. The minimum atomic E-state index is 0.992. The Kier molecular flexibility index (Phi) is 2.24. The molecule has 1 aliphatic carbocycles. The number of pyridine rings is 1. The van der Waals surface area contributed by atoms with Crippen LogP contribution in [0, 0.1) is 6.92 Å². The average Bonchev–Trinajstić information content (AvgIpc) is 2.48. The highest BCUT2D eigenvalue weighted by Gasteiger charge is 2.13. The molecule has 0 aliphatic heterocycles. The van der Waals surface area contributed by atoms with Gasteiger partial charge in [-0.1, -0.05) is 29.8 Å². The van der Waals surface area contributed by atoms with E-state index in [2.05, 4.69) is 36.2 Å². The van der Waals surface area contributed by atoms with Crippen molar-refractivity contribution in [3.05, 3.63) is 64.5 Å². The third-order valence-corrected chi connectivity index (χ3v) is 3.37. The summed E-state index contributed by atoms with van der Waals surface area (Å²) in [6.07, 6.45) is 5.17. The van der Waals surface area contributed by atoms with Gasteiger partial charge in [0.25, 0.3) is 0 Å². The maximum atomic E-state index is 4.50. The highest BCUT2D eigenvalue weighted by Crippen LogP contribution is 2.23. The zero-order valence-corrected chi connectivity index (χ0v) is 9.53. The van der Waals surface area contributed by atoms with Crippen molar-refractivity contribution in [2.45, 2.75) is 26.2 Å². The minimum Gasteiger partial charge on any atom is -0.261 e. The summed E-state index contributed by atoms with van der Waals surface area (Å²) in [5, 5.41) is 0. The largest absolute Gasteiger partial charge is 0.261 e. The molecule has 0 bridgehead atoms. The van der Waals surface area contributed by atoms with Crippen molar-refractivity contribution in [1.29, 1.82) is 0 Å². The molecular formula is C15H15N. The van der Waals surface area contributed by atoms with Crippen LogP contribution < -0.4 is 0 Å². The third-order valence-electron chi connectivity index (χ3n) is 3.37. The van der Waals surface area contributed by atoms with Gasteiger partial charge in [-0.2, -0.15) is 0 Å². The van der Waals surface area contributed by atoms with E-state index in [0.717, 1.165) is 19.3 Å². The quantitative estimate of drug-likeness (QED) is 0.649. The van der Waals surface area contributed by atoms with Crippen molar-refractivity contribution >= 4 is 0 Å². The molecular weight excluding hydrogens is 194 g/mol. The van der Waals surface area contributed by atoms with Gasteiger partial charge in [0.2, 0.25) is 0 Å². The number of fused-ring (bicyclic) bond motifs is 2. The first-order valence-corrected chi connectivity index (χ1v) is 5.84. The van der Waals surface area contributed by atoms with E-state index in [1.54, 1.807) is 0 Å². The summed E-state index contributed by atoms with van der Waals surface area (Å²) in [7, 11) is 0. The smallest absolute Gasteiger partial charge is 0.0479 e. The Balaban J connectivity index is 2.08. The van der Waals surface area contributed by atoms with E-state index in [-0.39, 0.29) is 0 Å². The number of aryl methyl sites for hydroxylation is 3. The summed E-state index contributed by atoms with van der Waals surface area (Å²) in [5.41, 5.74) is 6.97. The molecule has 3 rings (SSSR count). The number of rotatable bonds is 0. The van der Waals surface area contributed by atoms with Crippen LogP contribution in [-0.2, 0) is 19.3 Å². The van der Waals surface area contributed by atoms with Crippen LogP contribution in [0.4, 0.5) is 0 Å². The summed E-state index contributed by atoms with van der Waals surface area (Å²) in [5.74, 6) is 0. The predicted molar refractivity (Wildman–Crippen MR) is 65.6 cm³/mol. The summed E-state index contributed by atoms with van der Waals surface area (Å²) in [4.78, 5) is 4.50. The molecule has 0 saturated heterocycles. The molecule has 80 valence electrons. The Labute approximate surface area is 96.2 Å². The first kappa shape index (κ1) is 9.59. The Morgan fingerprint density at radius 3 is 2.81 bits per heavy atom. The number of aromatic nitrogens is 1. The number of benzene rings is 1. The van der Waals surface area contributed by atoms with Crippen LogP contribution in [0.5, 0.6) is 0 Å². The van der Waals surface area contributed by atoms with Gasteiger partial charge in [-0.25, -0.2) is 0 Å². The van der Waals surface area contributed by atoms with Crippen molar-refractivity contribution in [3.63, 3.8) is 0 Å². The van der Waals surface area contributed by atoms with Crippen LogP contribution in [0.1, 0.15) is 27.9 Å². The van der Waals surface area contributed by atoms with Gasteiger partial charge in [0.1, 0.15) is 0 Å². The first-order chi connectivity index (χ1) is 7.83. The van der Waals surface area contributed by atoms with Crippen LogP contribution in [0.3, 0.4) is 0 Å². The lowest BCUT2D eigenvalue weighted by Gasteiger charge is -2.06. The minimum absolute atomic E-state index is 0.992. The molecule has 0 saturated carbocycles. The molecule has 0 N–H and O–H groups in total. The van der Waals surface area contributed by atoms with E-state index in [4.69, 9.17) is 0 Å². The van der Waals surface area contributed by atoms with Crippen LogP contribution in [-0.4, -0.2) is 4.98 Å². The maximum Gasteiger partial charge on any atom is 0.0479 e. The SMILES string of the molecule is Cc1ccc2c(c1)CCc1cccnc1C2. The average molecular weight is 209 g/mol. The van der Waals surface area contributed by atoms with E-state index in [1.807, 2.05) is 12.3 Å². The molecule has 2 aromatic rings. The molecule has 1 nitrogen and oxygen atoms in total. The molecule has 0 unspecified atom stereocenters. The van der Waals surface area contributed by atoms with E-state index in [1.165, 1.54) is 27.9 Å². The zero-order chi connectivity index (χ0) is 11.0. The Morgan fingerprint density at radius 1 is 1.00 bits per heavy atom. The molecule has 16 heavy (non-hydrogen) atoms. The van der Waals surface area contributed by atoms with Gasteiger partial charge in [0, 0.05) is 18.3 Å². The lowest BCUT2D eigenvalue weighted by molar-refractivity contribution is 0.950. The number of hydrogen-bond acceptors (Lipinski definition) is 1. The van der Waals surface area contributed by atoms with Crippen molar-refractivity contribution in [2.75, 3.05) is 0 Å². The van der Waals surface area contributed by atoms with Gasteiger partial charge in [0.15, 0.2) is 0 Å². The van der Waals surface area contributed by atoms with E-state index in [0.29, 0.717) is 0 Å². The fourth-order valence-corrected chi connectivity index (χ4v) is 2.47. The Hall–Kier alpha value is -1.63. The van der Waals surface area contributed by atoms with E-state index < -0.39 is 0 Å². The molecule has 0 spiro atoms. The molecule has 1 aromatic heterocycles. The van der Waals surface area contributed by atoms with Gasteiger partial charge in [-0.15, -0.1) is 0 Å². The lowest BCUT2D eigenvalue weighted by Crippen LogP contribution is -1.95. The summed E-state index contributed by atoms with van der Waals surface area (Å²) >= 11 is 0. The summed E-state index contributed by atoms with van der Waals surface area (Å²) < 4.78 is 0. The second-order valence-electron chi connectivity index (χ2n) is 4.56. The highest BCUT2D eigenvalue weighted by molar-refractivity contribution is 5.39. The van der Waals surface area contributed by atoms with Crippen LogP contribution in [0.15, 0.2) is 36.5 Å². The Bertz CT molecular complexity index is 529. The molecule has 1 aromatic carbocycles. The Morgan fingerprint density at radius 2 is 1.88 bits per heavy atom. The van der Waals surface area contributed by atoms with Crippen molar-refractivity contribution < 1.29 is 0 Å². The normalized spacial score (nSPS) is 13.8. The number of hydrogen-bond donors (Lipinski definition) is 0. The van der Waals surface area contributed by atoms with Gasteiger partial charge in [-0.05, 0) is 42.5 Å². The first-order valence-electron chi connectivity index (χ1n) is 5.84. The monoisotopic (exact) mass is 209 g/mol. The topological polar surface area (TPSA) is 12.9 Å². The molecule has 0 atom stereocenters. The molecule has 1 aliphatic rings. The number of nitrogens with zero attached hydrogens (tertiary/aromatic N) is 1. The predicted octanol–water partition coefficient (Wildman–Crippen LogP) is 3.08. The van der Waals surface area contributed by atoms with E-state index in [9.17, 15) is 0 Å². The second kappa shape index (κ2) is 3.75. The molecule has 1 heterocycles. The second-order valence-corrected chi connectivity index (χ2v) is 4.56. The zero-order valence-electron chi connectivity index (χ0n) is 9.53. The fourth-order valence-electron chi connectivity index (χ4n) is 2.47. The molecule has 0 fully saturated rings. The molecule has 0 radical (unpaired) electrons. The van der Waals surface area contributed by atoms with Crippen molar-refractivity contribution in [1.82, 2.24) is 4.98 Å². The van der Waals surface area contributed by atoms with Crippen LogP contribution in [0.25, 0.3) is 0 Å². The van der Waals surface area contributed by atoms with Crippen molar-refractivity contribution in [3.8, 4) is 0 Å². The molecule has 1 heteroatoms. The van der Waals surface area contributed by atoms with Gasteiger partial charge in [0.05, 0.1) is 0 Å². The maximum absolute atomic E-state index is 4.50. The van der Waals surface area contributed by atoms with Crippen LogP contribution in [0.2, 0.25) is 0 Å². The summed E-state index contributed by atoms with van der Waals surface area (Å²) in [6.45, 7) is 2.16. The lowest BCUT2D eigenvalue weighted by atomic mass is 10.0. The standard InChI is InChI=1S/C15H15N/c1-11-4-5-14-10-15-12(3-2-8-16-15)6-7-13(14)9-11/h2-5,8-9H,6-7,10H2,1H3. The fraction of sp³-hybridized carbons (Fsp3) is 0.267. The van der Waals surface area contributed by atoms with Gasteiger partial charge in [-0.3, -0.25) is 4.98 Å². The van der Waals surface area contributed by atoms with Gasteiger partial charge < -0.3 is 0 Å². The summed E-state index contributed by atoms with van der Waals surface area (Å²) in [6, 6.07) is 11.0.